The highest BCUT2D eigenvalue weighted by molar-refractivity contribution is 5.73. The van der Waals surface area contributed by atoms with E-state index in [2.05, 4.69) is 0 Å². The molecule has 3 rings (SSSR count). The average molecular weight is 398 g/mol. The molecule has 6 nitrogen and oxygen atoms in total. The molecule has 1 aliphatic heterocycles. The Morgan fingerprint density at radius 2 is 1.52 bits per heavy atom. The first-order valence-electron chi connectivity index (χ1n) is 9.77. The third kappa shape index (κ3) is 7.00. The van der Waals surface area contributed by atoms with Crippen molar-refractivity contribution in [2.75, 3.05) is 13.2 Å². The van der Waals surface area contributed by atoms with Crippen molar-refractivity contribution >= 4 is 11.9 Å². The van der Waals surface area contributed by atoms with Gasteiger partial charge in [-0.05, 0) is 11.5 Å². The van der Waals surface area contributed by atoms with Gasteiger partial charge in [-0.25, -0.2) is 0 Å². The summed E-state index contributed by atoms with van der Waals surface area (Å²) in [5, 5.41) is 0. The van der Waals surface area contributed by atoms with Gasteiger partial charge in [0, 0.05) is 18.4 Å². The molecule has 0 amide bonds. The van der Waals surface area contributed by atoms with E-state index in [1.165, 1.54) is 0 Å². The number of hydrogen-bond acceptors (Lipinski definition) is 6. The van der Waals surface area contributed by atoms with Gasteiger partial charge in [0.15, 0.2) is 6.29 Å². The highest BCUT2D eigenvalue weighted by Gasteiger charge is 2.26. The van der Waals surface area contributed by atoms with Crippen LogP contribution in [0, 0.1) is 5.92 Å². The van der Waals surface area contributed by atoms with E-state index in [0.29, 0.717) is 0 Å². The number of rotatable bonds is 8. The summed E-state index contributed by atoms with van der Waals surface area (Å²) >= 11 is 0. The van der Waals surface area contributed by atoms with Crippen molar-refractivity contribution in [1.29, 1.82) is 0 Å². The zero-order valence-electron chi connectivity index (χ0n) is 16.5. The van der Waals surface area contributed by atoms with Gasteiger partial charge in [-0.15, -0.1) is 0 Å². The van der Waals surface area contributed by atoms with Gasteiger partial charge in [0.1, 0.15) is 12.7 Å². The largest absolute Gasteiger partial charge is 0.461 e. The summed E-state index contributed by atoms with van der Waals surface area (Å²) in [4.78, 5) is 24.1. The van der Waals surface area contributed by atoms with E-state index in [0.717, 1.165) is 11.1 Å². The van der Waals surface area contributed by atoms with Crippen molar-refractivity contribution in [3.8, 4) is 0 Å². The fraction of sp³-hybridized carbons (Fsp3) is 0.391. The van der Waals surface area contributed by atoms with Crippen LogP contribution < -0.4 is 0 Å². The van der Waals surface area contributed by atoms with E-state index >= 15 is 0 Å². The summed E-state index contributed by atoms with van der Waals surface area (Å²) in [5.41, 5.74) is 1.86. The number of benzene rings is 2. The lowest BCUT2D eigenvalue weighted by molar-refractivity contribution is -0.230. The summed E-state index contributed by atoms with van der Waals surface area (Å²) in [6.45, 7) is 2.61. The fourth-order valence-corrected chi connectivity index (χ4v) is 3.03. The molecule has 2 aromatic carbocycles. The minimum absolute atomic E-state index is 0.138. The Bertz CT molecular complexity index is 768. The van der Waals surface area contributed by atoms with Crippen LogP contribution in [-0.2, 0) is 35.1 Å². The first kappa shape index (κ1) is 21.0. The van der Waals surface area contributed by atoms with Crippen LogP contribution in [0.2, 0.25) is 0 Å². The van der Waals surface area contributed by atoms with Crippen LogP contribution in [0.15, 0.2) is 60.7 Å². The van der Waals surface area contributed by atoms with Crippen molar-refractivity contribution < 1.29 is 28.5 Å². The predicted octanol–water partition coefficient (Wildman–Crippen LogP) is 3.80. The molecule has 6 heteroatoms. The second-order valence-corrected chi connectivity index (χ2v) is 7.18. The molecular weight excluding hydrogens is 372 g/mol. The topological polar surface area (TPSA) is 71.1 Å². The second-order valence-electron chi connectivity index (χ2n) is 7.18. The second kappa shape index (κ2) is 10.7. The van der Waals surface area contributed by atoms with E-state index in [4.69, 9.17) is 18.9 Å². The normalized spacial score (nSPS) is 19.9. The monoisotopic (exact) mass is 398 g/mol. The Morgan fingerprint density at radius 1 is 0.931 bits per heavy atom. The van der Waals surface area contributed by atoms with E-state index < -0.39 is 12.4 Å². The molecule has 1 aliphatic rings. The lowest BCUT2D eigenvalue weighted by Gasteiger charge is -2.29. The Kier molecular flexibility index (Phi) is 7.78. The van der Waals surface area contributed by atoms with Gasteiger partial charge in [0.25, 0.3) is 0 Å². The summed E-state index contributed by atoms with van der Waals surface area (Å²) in [6, 6.07) is 19.1. The molecule has 2 aromatic rings. The van der Waals surface area contributed by atoms with Gasteiger partial charge in [0.2, 0.25) is 0 Å². The molecule has 1 unspecified atom stereocenters. The molecule has 0 bridgehead atoms. The van der Waals surface area contributed by atoms with Crippen LogP contribution in [-0.4, -0.2) is 31.3 Å². The van der Waals surface area contributed by atoms with Gasteiger partial charge in [-0.3, -0.25) is 9.59 Å². The standard InChI is InChI=1S/C23H26O6/c1-17(12-21(24)26-14-18-8-4-2-5-9-18)13-22(25)29-20-15-27-23(28-16-20)19-10-6-3-7-11-19/h2-11,17,20,23H,12-16H2,1H3. The lowest BCUT2D eigenvalue weighted by Crippen LogP contribution is -2.35. The molecule has 154 valence electrons. The third-order valence-corrected chi connectivity index (χ3v) is 4.51. The number of hydrogen-bond donors (Lipinski definition) is 0. The molecule has 0 radical (unpaired) electrons. The Morgan fingerprint density at radius 3 is 2.17 bits per heavy atom. The summed E-state index contributed by atoms with van der Waals surface area (Å²) in [6.07, 6.45) is -0.585. The molecule has 1 saturated heterocycles. The van der Waals surface area contributed by atoms with Gasteiger partial charge >= 0.3 is 11.9 Å². The smallest absolute Gasteiger partial charge is 0.306 e. The summed E-state index contributed by atoms with van der Waals surface area (Å²) in [5.74, 6) is -0.874. The van der Waals surface area contributed by atoms with Crippen LogP contribution in [0.25, 0.3) is 0 Å². The van der Waals surface area contributed by atoms with Crippen LogP contribution in [0.4, 0.5) is 0 Å². The van der Waals surface area contributed by atoms with Gasteiger partial charge in [-0.1, -0.05) is 67.6 Å². The molecule has 0 aliphatic carbocycles. The molecule has 1 fully saturated rings. The minimum atomic E-state index is -0.445. The molecule has 29 heavy (non-hydrogen) atoms. The number of ether oxygens (including phenoxy) is 4. The zero-order valence-corrected chi connectivity index (χ0v) is 16.5. The Labute approximate surface area is 170 Å². The third-order valence-electron chi connectivity index (χ3n) is 4.51. The Hall–Kier alpha value is -2.70. The average Bonchev–Trinajstić information content (AvgIpc) is 2.74. The maximum Gasteiger partial charge on any atom is 0.306 e. The molecule has 0 saturated carbocycles. The SMILES string of the molecule is CC(CC(=O)OCc1ccccc1)CC(=O)OC1COC(c2ccccc2)OC1. The first-order valence-corrected chi connectivity index (χ1v) is 9.77. The molecule has 1 atom stereocenters. The van der Waals surface area contributed by atoms with E-state index in [9.17, 15) is 9.59 Å². The number of carbonyl (C=O) groups is 2. The van der Waals surface area contributed by atoms with E-state index in [-0.39, 0.29) is 50.5 Å². The van der Waals surface area contributed by atoms with Crippen molar-refractivity contribution in [3.05, 3.63) is 71.8 Å². The van der Waals surface area contributed by atoms with Gasteiger partial charge in [-0.2, -0.15) is 0 Å². The summed E-state index contributed by atoms with van der Waals surface area (Å²) in [7, 11) is 0. The van der Waals surface area contributed by atoms with Crippen LogP contribution >= 0.6 is 0 Å². The molecule has 1 heterocycles. The highest BCUT2D eigenvalue weighted by Crippen LogP contribution is 2.24. The van der Waals surface area contributed by atoms with Crippen molar-refractivity contribution in [2.24, 2.45) is 5.92 Å². The highest BCUT2D eigenvalue weighted by atomic mass is 16.7. The molecule has 0 N–H and O–H groups in total. The summed E-state index contributed by atoms with van der Waals surface area (Å²) < 4.78 is 22.0. The van der Waals surface area contributed by atoms with Crippen LogP contribution in [0.1, 0.15) is 37.2 Å². The van der Waals surface area contributed by atoms with Crippen LogP contribution in [0.5, 0.6) is 0 Å². The van der Waals surface area contributed by atoms with E-state index in [1.807, 2.05) is 67.6 Å². The van der Waals surface area contributed by atoms with Crippen molar-refractivity contribution in [2.45, 2.75) is 38.8 Å². The number of carbonyl (C=O) groups excluding carboxylic acids is 2. The Balaban J connectivity index is 1.33. The van der Waals surface area contributed by atoms with Gasteiger partial charge in [0.05, 0.1) is 13.2 Å². The number of esters is 2. The van der Waals surface area contributed by atoms with Gasteiger partial charge < -0.3 is 18.9 Å². The zero-order chi connectivity index (χ0) is 20.5. The molecule has 0 spiro atoms. The first-order chi connectivity index (χ1) is 14.1. The van der Waals surface area contributed by atoms with Crippen LogP contribution in [0.3, 0.4) is 0 Å². The molecular formula is C23H26O6. The quantitative estimate of drug-likeness (QED) is 0.630. The minimum Gasteiger partial charge on any atom is -0.461 e. The fourth-order valence-electron chi connectivity index (χ4n) is 3.03. The maximum atomic E-state index is 12.1. The van der Waals surface area contributed by atoms with E-state index in [1.54, 1.807) is 0 Å². The maximum absolute atomic E-state index is 12.1. The van der Waals surface area contributed by atoms with Crippen molar-refractivity contribution in [1.82, 2.24) is 0 Å². The molecule has 0 aromatic heterocycles. The van der Waals surface area contributed by atoms with Crippen molar-refractivity contribution in [3.63, 3.8) is 0 Å². The lowest BCUT2D eigenvalue weighted by atomic mass is 10.0. The predicted molar refractivity (Wildman–Crippen MR) is 106 cm³/mol.